The van der Waals surface area contributed by atoms with Crippen LogP contribution in [0, 0.1) is 11.2 Å². The molecule has 0 spiro atoms. The third kappa shape index (κ3) is 7.18. The molecule has 3 heterocycles. The van der Waals surface area contributed by atoms with Crippen molar-refractivity contribution >= 4 is 40.1 Å². The van der Waals surface area contributed by atoms with E-state index in [1.807, 2.05) is 62.6 Å². The molecule has 3 amide bonds. The molecular weight excluding hydrogens is 595 g/mol. The predicted octanol–water partition coefficient (Wildman–Crippen LogP) is 5.00. The third-order valence-corrected chi connectivity index (χ3v) is 8.92. The van der Waals surface area contributed by atoms with Gasteiger partial charge in [-0.1, -0.05) is 51.1 Å². The second kappa shape index (κ2) is 13.4. The molecule has 5 rings (SSSR count). The van der Waals surface area contributed by atoms with Crippen LogP contribution in [0.15, 0.2) is 71.8 Å². The van der Waals surface area contributed by atoms with E-state index >= 15 is 0 Å². The van der Waals surface area contributed by atoms with Gasteiger partial charge in [-0.05, 0) is 55.3 Å². The first-order valence-corrected chi connectivity index (χ1v) is 15.8. The quantitative estimate of drug-likeness (QED) is 0.304. The molecule has 2 aliphatic heterocycles. The second-order valence-corrected chi connectivity index (χ2v) is 13.2. The van der Waals surface area contributed by atoms with Crippen LogP contribution in [0.3, 0.4) is 0 Å². The van der Waals surface area contributed by atoms with E-state index in [-0.39, 0.29) is 43.2 Å². The number of nitrogens with zero attached hydrogens (tertiary/aromatic N) is 3. The summed E-state index contributed by atoms with van der Waals surface area (Å²) >= 11 is 1.38. The lowest BCUT2D eigenvalue weighted by Crippen LogP contribution is -2.58. The fraction of sp³-hybridized carbons (Fsp3) is 0.394. The Morgan fingerprint density at radius 1 is 1.11 bits per heavy atom. The number of hydrogen-bond acceptors (Lipinski definition) is 8. The van der Waals surface area contributed by atoms with E-state index in [0.29, 0.717) is 22.2 Å². The van der Waals surface area contributed by atoms with Gasteiger partial charge in [-0.3, -0.25) is 14.5 Å². The lowest BCUT2D eigenvalue weighted by Gasteiger charge is -2.37. The molecule has 12 heteroatoms. The zero-order chi connectivity index (χ0) is 32.3. The van der Waals surface area contributed by atoms with Gasteiger partial charge in [0, 0.05) is 35.8 Å². The molecule has 10 nitrogen and oxygen atoms in total. The Balaban J connectivity index is 1.42. The monoisotopic (exact) mass is 634 g/mol. The minimum atomic E-state index is -0.806. The van der Waals surface area contributed by atoms with E-state index in [1.54, 1.807) is 35.9 Å². The van der Waals surface area contributed by atoms with E-state index in [1.165, 1.54) is 23.5 Å². The van der Waals surface area contributed by atoms with Gasteiger partial charge in [0.25, 0.3) is 0 Å². The largest absolute Gasteiger partial charge is 0.444 e. The van der Waals surface area contributed by atoms with Crippen molar-refractivity contribution in [1.82, 2.24) is 25.4 Å². The van der Waals surface area contributed by atoms with Crippen LogP contribution in [0.2, 0.25) is 0 Å². The van der Waals surface area contributed by atoms with Gasteiger partial charge in [0.2, 0.25) is 11.8 Å². The minimum absolute atomic E-state index is 0.117. The number of carbonyl (C=O) groups excluding carboxylic acids is 3. The molecule has 4 atom stereocenters. The Kier molecular flexibility index (Phi) is 9.54. The number of likely N-dealkylation sites (tertiary alicyclic amines) is 1. The van der Waals surface area contributed by atoms with Crippen molar-refractivity contribution in [2.75, 3.05) is 25.5 Å². The number of fused-ring (bicyclic) bond motifs is 1. The fourth-order valence-electron chi connectivity index (χ4n) is 5.52. The van der Waals surface area contributed by atoms with Crippen LogP contribution in [-0.2, 0) is 20.9 Å². The summed E-state index contributed by atoms with van der Waals surface area (Å²) in [6.07, 6.45) is 1.38. The van der Waals surface area contributed by atoms with Crippen molar-refractivity contribution in [2.45, 2.75) is 58.3 Å². The highest BCUT2D eigenvalue weighted by molar-refractivity contribution is 7.13. The van der Waals surface area contributed by atoms with Crippen LogP contribution in [0.1, 0.15) is 44.9 Å². The molecule has 1 saturated heterocycles. The third-order valence-electron chi connectivity index (χ3n) is 8.14. The molecule has 0 bridgehead atoms. The molecule has 4 unspecified atom stereocenters. The standard InChI is InChI=1S/C33H39FN6O4S/c1-20(35-5)29(41)38-28(33(2,3)4)30(42)39-16-15-26-27(39)24(17-40(26)32(43)44-18-21-9-7-6-8-10-21)25-19-45-31(37-25)36-23-13-11-22(34)12-14-23/h6-15,19-20,24,27-28,35H,16-18H2,1-5H3,(H,36,37)(H,38,41). The molecule has 0 saturated carbocycles. The Morgan fingerprint density at radius 2 is 1.82 bits per heavy atom. The van der Waals surface area contributed by atoms with Gasteiger partial charge in [0.15, 0.2) is 5.13 Å². The number of amides is 3. The van der Waals surface area contributed by atoms with Gasteiger partial charge >= 0.3 is 6.09 Å². The number of ether oxygens (including phenoxy) is 1. The highest BCUT2D eigenvalue weighted by Gasteiger charge is 2.51. The summed E-state index contributed by atoms with van der Waals surface area (Å²) in [5, 5.41) is 11.6. The Bertz CT molecular complexity index is 1560. The topological polar surface area (TPSA) is 116 Å². The molecule has 3 N–H and O–H groups in total. The van der Waals surface area contributed by atoms with Gasteiger partial charge in [-0.25, -0.2) is 14.2 Å². The van der Waals surface area contributed by atoms with E-state index in [0.717, 1.165) is 5.56 Å². The Morgan fingerprint density at radius 3 is 2.49 bits per heavy atom. The van der Waals surface area contributed by atoms with Crippen molar-refractivity contribution in [2.24, 2.45) is 5.41 Å². The van der Waals surface area contributed by atoms with Gasteiger partial charge in [-0.15, -0.1) is 11.3 Å². The summed E-state index contributed by atoms with van der Waals surface area (Å²) in [7, 11) is 1.69. The van der Waals surface area contributed by atoms with Crippen LogP contribution in [0.4, 0.5) is 20.0 Å². The fourth-order valence-corrected chi connectivity index (χ4v) is 6.32. The number of carbonyl (C=O) groups is 3. The lowest BCUT2D eigenvalue weighted by molar-refractivity contribution is -0.140. The molecule has 1 fully saturated rings. The van der Waals surface area contributed by atoms with Crippen molar-refractivity contribution < 1.29 is 23.5 Å². The van der Waals surface area contributed by atoms with E-state index in [4.69, 9.17) is 9.72 Å². The summed E-state index contributed by atoms with van der Waals surface area (Å²) in [4.78, 5) is 48.8. The van der Waals surface area contributed by atoms with Gasteiger partial charge < -0.3 is 25.6 Å². The number of rotatable bonds is 9. The highest BCUT2D eigenvalue weighted by Crippen LogP contribution is 2.43. The second-order valence-electron chi connectivity index (χ2n) is 12.3. The zero-order valence-corrected chi connectivity index (χ0v) is 26.9. The van der Waals surface area contributed by atoms with E-state index < -0.39 is 29.6 Å². The molecule has 2 aromatic carbocycles. The maximum Gasteiger partial charge on any atom is 0.414 e. The number of benzene rings is 2. The summed E-state index contributed by atoms with van der Waals surface area (Å²) in [5.74, 6) is -1.19. The number of likely N-dealkylation sites (N-methyl/N-ethyl adjacent to an activating group) is 1. The first-order chi connectivity index (χ1) is 21.5. The highest BCUT2D eigenvalue weighted by atomic mass is 32.1. The molecule has 1 aromatic heterocycles. The van der Waals surface area contributed by atoms with Crippen molar-refractivity contribution in [3.05, 3.63) is 88.8 Å². The van der Waals surface area contributed by atoms with Gasteiger partial charge in [0.1, 0.15) is 18.5 Å². The molecular formula is C33H39FN6O4S. The average Bonchev–Trinajstić information content (AvgIpc) is 3.75. The Hall–Kier alpha value is -4.29. The number of hydrogen-bond donors (Lipinski definition) is 3. The molecule has 0 radical (unpaired) electrons. The molecule has 2 aliphatic rings. The van der Waals surface area contributed by atoms with Crippen LogP contribution >= 0.6 is 11.3 Å². The van der Waals surface area contributed by atoms with Crippen LogP contribution in [0.25, 0.3) is 0 Å². The van der Waals surface area contributed by atoms with Crippen molar-refractivity contribution in [3.63, 3.8) is 0 Å². The van der Waals surface area contributed by atoms with Gasteiger partial charge in [-0.2, -0.15) is 0 Å². The maximum absolute atomic E-state index is 14.3. The molecule has 3 aromatic rings. The Labute approximate surface area is 266 Å². The smallest absolute Gasteiger partial charge is 0.414 e. The van der Waals surface area contributed by atoms with Crippen LogP contribution in [0.5, 0.6) is 0 Å². The number of thiazole rings is 1. The number of anilines is 2. The van der Waals surface area contributed by atoms with Crippen molar-refractivity contribution in [1.29, 1.82) is 0 Å². The van der Waals surface area contributed by atoms with Gasteiger partial charge in [0.05, 0.1) is 17.8 Å². The average molecular weight is 635 g/mol. The van der Waals surface area contributed by atoms with E-state index in [9.17, 15) is 18.8 Å². The molecule has 238 valence electrons. The van der Waals surface area contributed by atoms with Crippen LogP contribution in [-0.4, -0.2) is 71.0 Å². The summed E-state index contributed by atoms with van der Waals surface area (Å²) in [6.45, 7) is 8.13. The first-order valence-electron chi connectivity index (χ1n) is 14.9. The summed E-state index contributed by atoms with van der Waals surface area (Å²) in [5.41, 5.74) is 2.35. The molecule has 45 heavy (non-hydrogen) atoms. The number of aromatic nitrogens is 1. The number of halogens is 1. The maximum atomic E-state index is 14.3. The SMILES string of the molecule is CNC(C)C(=O)NC(C(=O)N1CC=C2C1C(c1csc(Nc3ccc(F)cc3)n1)CN2C(=O)OCc1ccccc1)C(C)(C)C. The summed E-state index contributed by atoms with van der Waals surface area (Å²) in [6, 6.07) is 13.7. The molecule has 0 aliphatic carbocycles. The summed E-state index contributed by atoms with van der Waals surface area (Å²) < 4.78 is 19.1. The van der Waals surface area contributed by atoms with Crippen LogP contribution < -0.4 is 16.0 Å². The normalized spacial score (nSPS) is 19.0. The van der Waals surface area contributed by atoms with Crippen molar-refractivity contribution in [3.8, 4) is 0 Å². The lowest BCUT2D eigenvalue weighted by atomic mass is 9.85. The van der Waals surface area contributed by atoms with E-state index in [2.05, 4.69) is 16.0 Å². The minimum Gasteiger partial charge on any atom is -0.444 e. The number of nitrogens with one attached hydrogen (secondary N) is 3. The first kappa shape index (κ1) is 32.1. The zero-order valence-electron chi connectivity index (χ0n) is 26.0. The predicted molar refractivity (Wildman–Crippen MR) is 171 cm³/mol.